The van der Waals surface area contributed by atoms with Crippen molar-refractivity contribution in [2.75, 3.05) is 19.8 Å². The molecule has 0 aromatic heterocycles. The summed E-state index contributed by atoms with van der Waals surface area (Å²) in [4.78, 5) is 0. The molecule has 2 atom stereocenters. The molecule has 4 rings (SSSR count). The molecule has 2 unspecified atom stereocenters. The predicted molar refractivity (Wildman–Crippen MR) is 64.7 cm³/mol. The highest BCUT2D eigenvalue weighted by atomic mass is 16.5. The van der Waals surface area contributed by atoms with Crippen LogP contribution in [0.15, 0.2) is 0 Å². The van der Waals surface area contributed by atoms with Gasteiger partial charge in [-0.15, -0.1) is 0 Å². The molecule has 2 spiro atoms. The minimum absolute atomic E-state index is 0.0205. The molecule has 0 radical (unpaired) electrons. The molecule has 2 N–H and O–H groups in total. The maximum absolute atomic E-state index is 6.60. The van der Waals surface area contributed by atoms with E-state index in [0.717, 1.165) is 32.7 Å². The zero-order valence-corrected chi connectivity index (χ0v) is 10.8. The lowest BCUT2D eigenvalue weighted by Gasteiger charge is -2.60. The third kappa shape index (κ3) is 1.05. The number of hydrogen-bond donors (Lipinski definition) is 1. The van der Waals surface area contributed by atoms with E-state index >= 15 is 0 Å². The first kappa shape index (κ1) is 10.8. The SMILES string of the molecule is CC1(C2(N)CC2)COCCC2(CC2)C12CCO2. The lowest BCUT2D eigenvalue weighted by atomic mass is 9.56. The van der Waals surface area contributed by atoms with Crippen LogP contribution in [-0.2, 0) is 9.47 Å². The molecule has 2 aliphatic heterocycles. The van der Waals surface area contributed by atoms with E-state index in [0.29, 0.717) is 5.41 Å². The molecular formula is C14H23NO2. The second-order valence-corrected chi connectivity index (χ2v) is 7.00. The molecule has 0 aromatic rings. The van der Waals surface area contributed by atoms with Crippen LogP contribution in [0.3, 0.4) is 0 Å². The van der Waals surface area contributed by atoms with Crippen LogP contribution in [0, 0.1) is 10.8 Å². The predicted octanol–water partition coefficient (Wildman–Crippen LogP) is 1.84. The number of nitrogens with two attached hydrogens (primary N) is 1. The molecule has 96 valence electrons. The second-order valence-electron chi connectivity index (χ2n) is 7.00. The van der Waals surface area contributed by atoms with Crippen molar-refractivity contribution in [3.05, 3.63) is 0 Å². The Balaban J connectivity index is 1.81. The van der Waals surface area contributed by atoms with E-state index < -0.39 is 0 Å². The van der Waals surface area contributed by atoms with Crippen molar-refractivity contribution in [3.8, 4) is 0 Å². The van der Waals surface area contributed by atoms with E-state index in [2.05, 4.69) is 6.92 Å². The van der Waals surface area contributed by atoms with Crippen molar-refractivity contribution in [2.45, 2.75) is 56.6 Å². The van der Waals surface area contributed by atoms with Gasteiger partial charge in [0.15, 0.2) is 0 Å². The Morgan fingerprint density at radius 2 is 1.65 bits per heavy atom. The summed E-state index contributed by atoms with van der Waals surface area (Å²) in [5, 5.41) is 0. The summed E-state index contributed by atoms with van der Waals surface area (Å²) in [7, 11) is 0. The fraction of sp³-hybridized carbons (Fsp3) is 1.00. The van der Waals surface area contributed by atoms with Crippen LogP contribution in [0.5, 0.6) is 0 Å². The molecule has 2 aliphatic carbocycles. The number of ether oxygens (including phenoxy) is 2. The first-order valence-corrected chi connectivity index (χ1v) is 7.08. The topological polar surface area (TPSA) is 44.5 Å². The van der Waals surface area contributed by atoms with E-state index in [-0.39, 0.29) is 16.6 Å². The van der Waals surface area contributed by atoms with Crippen LogP contribution in [0.1, 0.15) is 45.4 Å². The molecule has 0 bridgehead atoms. The lowest BCUT2D eigenvalue weighted by Crippen LogP contribution is -2.69. The van der Waals surface area contributed by atoms with Crippen molar-refractivity contribution in [3.63, 3.8) is 0 Å². The molecule has 2 saturated heterocycles. The van der Waals surface area contributed by atoms with E-state index in [1.165, 1.54) is 25.7 Å². The molecule has 4 aliphatic rings. The van der Waals surface area contributed by atoms with Gasteiger partial charge in [0.2, 0.25) is 0 Å². The van der Waals surface area contributed by atoms with E-state index in [1.807, 2.05) is 0 Å². The zero-order valence-electron chi connectivity index (χ0n) is 10.8. The van der Waals surface area contributed by atoms with Crippen LogP contribution in [0.4, 0.5) is 0 Å². The third-order valence-corrected chi connectivity index (χ3v) is 6.41. The monoisotopic (exact) mass is 237 g/mol. The normalized spacial score (nSPS) is 49.8. The van der Waals surface area contributed by atoms with Gasteiger partial charge in [0.05, 0.1) is 18.8 Å². The second kappa shape index (κ2) is 2.89. The third-order valence-electron chi connectivity index (χ3n) is 6.41. The summed E-state index contributed by atoms with van der Waals surface area (Å²) in [6.07, 6.45) is 7.32. The first-order chi connectivity index (χ1) is 8.08. The van der Waals surface area contributed by atoms with Crippen molar-refractivity contribution in [1.29, 1.82) is 0 Å². The van der Waals surface area contributed by atoms with E-state index in [9.17, 15) is 0 Å². The molecule has 0 aromatic carbocycles. The maximum Gasteiger partial charge on any atom is 0.0854 e. The Morgan fingerprint density at radius 1 is 0.941 bits per heavy atom. The Hall–Kier alpha value is -0.120. The van der Waals surface area contributed by atoms with Gasteiger partial charge >= 0.3 is 0 Å². The Morgan fingerprint density at radius 3 is 2.12 bits per heavy atom. The van der Waals surface area contributed by atoms with Gasteiger partial charge in [-0.25, -0.2) is 0 Å². The van der Waals surface area contributed by atoms with Crippen LogP contribution in [0.2, 0.25) is 0 Å². The fourth-order valence-corrected chi connectivity index (χ4v) is 4.64. The molecule has 2 saturated carbocycles. The Labute approximate surface area is 103 Å². The quantitative estimate of drug-likeness (QED) is 0.757. The van der Waals surface area contributed by atoms with Gasteiger partial charge in [-0.1, -0.05) is 6.92 Å². The van der Waals surface area contributed by atoms with Crippen LogP contribution in [-0.4, -0.2) is 31.0 Å². The van der Waals surface area contributed by atoms with Crippen LogP contribution in [0.25, 0.3) is 0 Å². The average molecular weight is 237 g/mol. The van der Waals surface area contributed by atoms with Gasteiger partial charge in [-0.05, 0) is 32.1 Å². The van der Waals surface area contributed by atoms with Crippen LogP contribution < -0.4 is 5.73 Å². The van der Waals surface area contributed by atoms with Gasteiger partial charge in [-0.3, -0.25) is 0 Å². The molecule has 4 fully saturated rings. The molecule has 3 nitrogen and oxygen atoms in total. The average Bonchev–Trinajstić information content (AvgIpc) is 3.10. The minimum atomic E-state index is -0.0205. The van der Waals surface area contributed by atoms with Crippen molar-refractivity contribution < 1.29 is 9.47 Å². The molecule has 17 heavy (non-hydrogen) atoms. The maximum atomic E-state index is 6.60. The summed E-state index contributed by atoms with van der Waals surface area (Å²) in [5.41, 5.74) is 7.06. The number of hydrogen-bond acceptors (Lipinski definition) is 3. The lowest BCUT2D eigenvalue weighted by molar-refractivity contribution is -0.264. The van der Waals surface area contributed by atoms with Gasteiger partial charge in [0.25, 0.3) is 0 Å². The molecule has 0 amide bonds. The van der Waals surface area contributed by atoms with E-state index in [1.54, 1.807) is 0 Å². The summed E-state index contributed by atoms with van der Waals surface area (Å²) < 4.78 is 12.2. The fourth-order valence-electron chi connectivity index (χ4n) is 4.64. The summed E-state index contributed by atoms with van der Waals surface area (Å²) in [6.45, 7) is 4.96. The van der Waals surface area contributed by atoms with Gasteiger partial charge in [0.1, 0.15) is 0 Å². The Kier molecular flexibility index (Phi) is 1.83. The van der Waals surface area contributed by atoms with Crippen LogP contribution >= 0.6 is 0 Å². The zero-order chi connectivity index (χ0) is 11.8. The highest BCUT2D eigenvalue weighted by Gasteiger charge is 2.76. The van der Waals surface area contributed by atoms with E-state index in [4.69, 9.17) is 15.2 Å². The first-order valence-electron chi connectivity index (χ1n) is 7.08. The number of fused-ring (bicyclic) bond motifs is 1. The summed E-state index contributed by atoms with van der Waals surface area (Å²) in [6, 6.07) is 0. The summed E-state index contributed by atoms with van der Waals surface area (Å²) >= 11 is 0. The van der Waals surface area contributed by atoms with Gasteiger partial charge < -0.3 is 15.2 Å². The summed E-state index contributed by atoms with van der Waals surface area (Å²) in [5.74, 6) is 0. The molecule has 3 heteroatoms. The van der Waals surface area contributed by atoms with Crippen molar-refractivity contribution in [1.82, 2.24) is 0 Å². The highest BCUT2D eigenvalue weighted by Crippen LogP contribution is 2.72. The largest absolute Gasteiger partial charge is 0.381 e. The van der Waals surface area contributed by atoms with Gasteiger partial charge in [-0.2, -0.15) is 0 Å². The minimum Gasteiger partial charge on any atom is -0.381 e. The Bertz CT molecular complexity index is 355. The highest BCUT2D eigenvalue weighted by molar-refractivity contribution is 5.27. The number of rotatable bonds is 1. The van der Waals surface area contributed by atoms with Gasteiger partial charge in [0, 0.05) is 29.4 Å². The molecular weight excluding hydrogens is 214 g/mol. The smallest absolute Gasteiger partial charge is 0.0854 e. The molecule has 2 heterocycles. The van der Waals surface area contributed by atoms with Crippen molar-refractivity contribution >= 4 is 0 Å². The standard InChI is InChI=1S/C14H23NO2/c1-11(13(15)4-5-13)10-16-8-6-12(2-3-12)14(11)7-9-17-14/h2-10,15H2,1H3. The van der Waals surface area contributed by atoms with Crippen molar-refractivity contribution in [2.24, 2.45) is 16.6 Å².